The fourth-order valence-electron chi connectivity index (χ4n) is 2.00. The van der Waals surface area contributed by atoms with E-state index in [1.165, 1.54) is 0 Å². The Morgan fingerprint density at radius 2 is 1.91 bits per heavy atom. The lowest BCUT2D eigenvalue weighted by atomic mass is 10.2. The molecule has 1 aromatic heterocycles. The fraction of sp³-hybridized carbons (Fsp3) is 0.533. The van der Waals surface area contributed by atoms with Crippen LogP contribution in [0, 0.1) is 0 Å². The quantitative estimate of drug-likeness (QED) is 0.684. The Balaban J connectivity index is 0.00000242. The molecule has 0 aliphatic heterocycles. The Morgan fingerprint density at radius 1 is 1.17 bits per heavy atom. The molecule has 0 saturated carbocycles. The number of anilines is 2. The normalized spacial score (nSPS) is 9.91. The summed E-state index contributed by atoms with van der Waals surface area (Å²) in [7, 11) is 4.02. The summed E-state index contributed by atoms with van der Waals surface area (Å²) < 4.78 is 7.07. The smallest absolute Gasteiger partial charge is 0.186 e. The summed E-state index contributed by atoms with van der Waals surface area (Å²) in [6.07, 6.45) is 0. The number of fused-ring (bicyclic) bond motifs is 1. The van der Waals surface area contributed by atoms with Crippen molar-refractivity contribution in [3.05, 3.63) is 12.1 Å². The van der Waals surface area contributed by atoms with E-state index in [4.69, 9.17) is 4.74 Å². The summed E-state index contributed by atoms with van der Waals surface area (Å²) in [5, 5.41) is 7.61. The van der Waals surface area contributed by atoms with Gasteiger partial charge in [-0.2, -0.15) is 0 Å². The van der Waals surface area contributed by atoms with Gasteiger partial charge in [0.2, 0.25) is 0 Å². The summed E-state index contributed by atoms with van der Waals surface area (Å²) in [5.74, 6) is 0.853. The predicted octanol–water partition coefficient (Wildman–Crippen LogP) is 3.63. The summed E-state index contributed by atoms with van der Waals surface area (Å²) in [6.45, 7) is 7.52. The van der Waals surface area contributed by atoms with Crippen molar-refractivity contribution in [2.75, 3.05) is 50.6 Å². The molecule has 23 heavy (non-hydrogen) atoms. The van der Waals surface area contributed by atoms with Crippen molar-refractivity contribution in [2.45, 2.75) is 13.8 Å². The number of likely N-dealkylation sites (N-methyl/N-ethyl adjacent to an activating group) is 1. The van der Waals surface area contributed by atoms with Crippen LogP contribution in [0.25, 0.3) is 10.2 Å². The van der Waals surface area contributed by atoms with E-state index in [1.807, 2.05) is 25.1 Å². The lowest BCUT2D eigenvalue weighted by Crippen LogP contribution is -2.20. The standard InChI is InChI=1S/C15H24N4OS.2ClH/c1-5-16-7-8-20-12-9-11(17-6-2)10-13-14(12)18-15(21-13)19(3)4;;/h9-10,16-17H,5-8H2,1-4H3;2*1H. The van der Waals surface area contributed by atoms with E-state index >= 15 is 0 Å². The maximum absolute atomic E-state index is 5.92. The molecule has 0 saturated heterocycles. The number of aromatic nitrogens is 1. The van der Waals surface area contributed by atoms with Gasteiger partial charge in [0.05, 0.1) is 4.70 Å². The average Bonchev–Trinajstić information content (AvgIpc) is 2.88. The van der Waals surface area contributed by atoms with Gasteiger partial charge in [-0.3, -0.25) is 0 Å². The minimum atomic E-state index is 0. The molecule has 0 unspecified atom stereocenters. The SMILES string of the molecule is CCNCCOc1cc(NCC)cc2sc(N(C)C)nc12.Cl.Cl. The maximum Gasteiger partial charge on any atom is 0.186 e. The zero-order chi connectivity index (χ0) is 15.2. The molecule has 0 aliphatic carbocycles. The van der Waals surface area contributed by atoms with Crippen LogP contribution < -0.4 is 20.3 Å². The van der Waals surface area contributed by atoms with Gasteiger partial charge in [0.25, 0.3) is 0 Å². The summed E-state index contributed by atoms with van der Waals surface area (Å²) in [4.78, 5) is 6.71. The molecule has 1 aromatic carbocycles. The lowest BCUT2D eigenvalue weighted by molar-refractivity contribution is 0.318. The average molecular weight is 381 g/mol. The van der Waals surface area contributed by atoms with Crippen LogP contribution in [0.4, 0.5) is 10.8 Å². The van der Waals surface area contributed by atoms with Crippen LogP contribution in [0.2, 0.25) is 0 Å². The number of ether oxygens (including phenoxy) is 1. The first-order valence-corrected chi connectivity index (χ1v) is 8.16. The van der Waals surface area contributed by atoms with Crippen molar-refractivity contribution in [2.24, 2.45) is 0 Å². The topological polar surface area (TPSA) is 49.4 Å². The van der Waals surface area contributed by atoms with Crippen molar-refractivity contribution in [1.29, 1.82) is 0 Å². The molecule has 8 heteroatoms. The molecule has 2 aromatic rings. The molecule has 2 rings (SSSR count). The number of nitrogens with one attached hydrogen (secondary N) is 2. The van der Waals surface area contributed by atoms with Gasteiger partial charge >= 0.3 is 0 Å². The number of hydrogen-bond donors (Lipinski definition) is 2. The van der Waals surface area contributed by atoms with E-state index in [0.717, 1.165) is 46.4 Å². The molecule has 0 bridgehead atoms. The third kappa shape index (κ3) is 5.88. The Morgan fingerprint density at radius 3 is 2.52 bits per heavy atom. The number of benzene rings is 1. The van der Waals surface area contributed by atoms with E-state index in [9.17, 15) is 0 Å². The minimum absolute atomic E-state index is 0. The van der Waals surface area contributed by atoms with Gasteiger partial charge in [0.15, 0.2) is 5.13 Å². The third-order valence-electron chi connectivity index (χ3n) is 3.00. The molecular weight excluding hydrogens is 355 g/mol. The van der Waals surface area contributed by atoms with Crippen LogP contribution in [0.1, 0.15) is 13.8 Å². The van der Waals surface area contributed by atoms with Gasteiger partial charge in [-0.25, -0.2) is 4.98 Å². The van der Waals surface area contributed by atoms with Crippen molar-refractivity contribution < 1.29 is 4.74 Å². The van der Waals surface area contributed by atoms with Crippen LogP contribution in [-0.2, 0) is 0 Å². The van der Waals surface area contributed by atoms with Crippen LogP contribution >= 0.6 is 36.2 Å². The van der Waals surface area contributed by atoms with Gasteiger partial charge in [-0.15, -0.1) is 24.8 Å². The van der Waals surface area contributed by atoms with Crippen molar-refractivity contribution in [1.82, 2.24) is 10.3 Å². The Hall–Kier alpha value is -0.950. The van der Waals surface area contributed by atoms with Gasteiger partial charge in [-0.05, 0) is 19.5 Å². The van der Waals surface area contributed by atoms with E-state index in [1.54, 1.807) is 11.3 Å². The highest BCUT2D eigenvalue weighted by molar-refractivity contribution is 7.22. The minimum Gasteiger partial charge on any atom is -0.490 e. The van der Waals surface area contributed by atoms with Gasteiger partial charge in [-0.1, -0.05) is 18.3 Å². The van der Waals surface area contributed by atoms with Gasteiger partial charge in [0, 0.05) is 38.9 Å². The Labute approximate surface area is 154 Å². The number of rotatable bonds is 8. The van der Waals surface area contributed by atoms with Crippen LogP contribution in [0.3, 0.4) is 0 Å². The highest BCUT2D eigenvalue weighted by atomic mass is 35.5. The lowest BCUT2D eigenvalue weighted by Gasteiger charge is -2.10. The zero-order valence-corrected chi connectivity index (χ0v) is 16.5. The first kappa shape index (κ1) is 22.1. The second-order valence-electron chi connectivity index (χ2n) is 4.94. The zero-order valence-electron chi connectivity index (χ0n) is 14.0. The van der Waals surface area contributed by atoms with Crippen LogP contribution in [0.5, 0.6) is 5.75 Å². The largest absolute Gasteiger partial charge is 0.490 e. The summed E-state index contributed by atoms with van der Waals surface area (Å²) in [5.41, 5.74) is 2.03. The van der Waals surface area contributed by atoms with Crippen molar-refractivity contribution in [3.63, 3.8) is 0 Å². The van der Waals surface area contributed by atoms with E-state index in [2.05, 4.69) is 35.5 Å². The van der Waals surface area contributed by atoms with E-state index in [0.29, 0.717) is 6.61 Å². The molecule has 0 amide bonds. The number of nitrogens with zero attached hydrogens (tertiary/aromatic N) is 2. The molecule has 0 atom stereocenters. The highest BCUT2D eigenvalue weighted by Gasteiger charge is 2.12. The monoisotopic (exact) mass is 380 g/mol. The van der Waals surface area contributed by atoms with Crippen molar-refractivity contribution in [3.8, 4) is 5.75 Å². The number of thiazole rings is 1. The molecule has 132 valence electrons. The molecule has 0 radical (unpaired) electrons. The third-order valence-corrected chi connectivity index (χ3v) is 4.17. The first-order valence-electron chi connectivity index (χ1n) is 7.35. The van der Waals surface area contributed by atoms with E-state index in [-0.39, 0.29) is 24.8 Å². The van der Waals surface area contributed by atoms with Crippen LogP contribution in [0.15, 0.2) is 12.1 Å². The molecule has 0 aliphatic rings. The second kappa shape index (κ2) is 10.8. The molecule has 0 fully saturated rings. The van der Waals surface area contributed by atoms with E-state index < -0.39 is 0 Å². The number of hydrogen-bond acceptors (Lipinski definition) is 6. The maximum atomic E-state index is 5.92. The summed E-state index contributed by atoms with van der Waals surface area (Å²) in [6, 6.07) is 4.18. The van der Waals surface area contributed by atoms with Gasteiger partial charge in [0.1, 0.15) is 17.9 Å². The Kier molecular flexibility index (Phi) is 10.3. The van der Waals surface area contributed by atoms with Crippen LogP contribution in [-0.4, -0.2) is 45.3 Å². The molecule has 0 spiro atoms. The fourth-order valence-corrected chi connectivity index (χ4v) is 2.95. The van der Waals surface area contributed by atoms with Crippen molar-refractivity contribution >= 4 is 57.2 Å². The molecule has 5 nitrogen and oxygen atoms in total. The molecule has 1 heterocycles. The second-order valence-corrected chi connectivity index (χ2v) is 5.95. The predicted molar refractivity (Wildman–Crippen MR) is 107 cm³/mol. The highest BCUT2D eigenvalue weighted by Crippen LogP contribution is 2.36. The molecule has 2 N–H and O–H groups in total. The van der Waals surface area contributed by atoms with Gasteiger partial charge < -0.3 is 20.3 Å². The molecular formula is C15H26Cl2N4OS. The summed E-state index contributed by atoms with van der Waals surface area (Å²) >= 11 is 1.68. The Bertz CT molecular complexity index is 592. The number of halogens is 2. The first-order chi connectivity index (χ1) is 10.2.